The van der Waals surface area contributed by atoms with Crippen molar-refractivity contribution in [2.45, 2.75) is 6.42 Å². The number of thiophene rings is 1. The Kier molecular flexibility index (Phi) is 5.68. The molecule has 9 heteroatoms. The average Bonchev–Trinajstić information content (AvgIpc) is 3.44. The van der Waals surface area contributed by atoms with Crippen LogP contribution in [0.2, 0.25) is 0 Å². The normalized spacial score (nSPS) is 14.8. The number of rotatable bonds is 6. The number of carbonyl (C=O) groups excluding carboxylic acids is 1. The topological polar surface area (TPSA) is 84.5 Å². The molecule has 150 valence electrons. The molecule has 3 heterocycles. The molecule has 29 heavy (non-hydrogen) atoms. The second kappa shape index (κ2) is 8.54. The maximum atomic E-state index is 12.8. The standard InChI is InChI=1S/C20H21N5O3S/c26-20(23-12-10-22(11-13-23)8-6-18-5-2-14-29-18)19-7-9-24(21-19)16-3-1-4-17(15-16)25(27)28/h1-5,7,9,14-15H,6,8,10-13H2. The Bertz CT molecular complexity index is 993. The summed E-state index contributed by atoms with van der Waals surface area (Å²) in [6.45, 7) is 4.05. The molecule has 0 radical (unpaired) electrons. The summed E-state index contributed by atoms with van der Waals surface area (Å²) >= 11 is 1.78. The van der Waals surface area contributed by atoms with E-state index < -0.39 is 4.92 Å². The Morgan fingerprint density at radius 1 is 1.14 bits per heavy atom. The van der Waals surface area contributed by atoms with Crippen molar-refractivity contribution >= 4 is 22.9 Å². The number of nitro benzene ring substituents is 1. The van der Waals surface area contributed by atoms with Gasteiger partial charge in [-0.25, -0.2) is 4.68 Å². The van der Waals surface area contributed by atoms with Crippen LogP contribution in [0.4, 0.5) is 5.69 Å². The second-order valence-corrected chi connectivity index (χ2v) is 7.92. The highest BCUT2D eigenvalue weighted by atomic mass is 32.1. The van der Waals surface area contributed by atoms with E-state index in [1.807, 2.05) is 4.90 Å². The van der Waals surface area contributed by atoms with Gasteiger partial charge >= 0.3 is 0 Å². The van der Waals surface area contributed by atoms with Gasteiger partial charge in [0, 0.05) is 55.9 Å². The molecule has 1 aliphatic heterocycles. The zero-order chi connectivity index (χ0) is 20.2. The minimum absolute atomic E-state index is 0.00968. The van der Waals surface area contributed by atoms with E-state index in [0.29, 0.717) is 24.5 Å². The Balaban J connectivity index is 1.35. The third-order valence-corrected chi connectivity index (χ3v) is 5.96. The highest BCUT2D eigenvalue weighted by molar-refractivity contribution is 7.09. The first-order valence-electron chi connectivity index (χ1n) is 9.45. The molecule has 2 aromatic heterocycles. The van der Waals surface area contributed by atoms with Gasteiger partial charge in [-0.2, -0.15) is 5.10 Å². The lowest BCUT2D eigenvalue weighted by Crippen LogP contribution is -2.49. The number of nitrogens with zero attached hydrogens (tertiary/aromatic N) is 5. The summed E-state index contributed by atoms with van der Waals surface area (Å²) < 4.78 is 1.50. The smallest absolute Gasteiger partial charge is 0.274 e. The summed E-state index contributed by atoms with van der Waals surface area (Å²) in [7, 11) is 0. The van der Waals surface area contributed by atoms with Crippen molar-refractivity contribution in [3.63, 3.8) is 0 Å². The summed E-state index contributed by atoms with van der Waals surface area (Å²) in [4.78, 5) is 28.9. The Hall–Kier alpha value is -3.04. The fourth-order valence-electron chi connectivity index (χ4n) is 3.39. The van der Waals surface area contributed by atoms with Crippen LogP contribution in [0.15, 0.2) is 54.0 Å². The predicted molar refractivity (Wildman–Crippen MR) is 111 cm³/mol. The van der Waals surface area contributed by atoms with Gasteiger partial charge in [0.2, 0.25) is 0 Å². The zero-order valence-electron chi connectivity index (χ0n) is 15.8. The number of hydrogen-bond acceptors (Lipinski definition) is 6. The summed E-state index contributed by atoms with van der Waals surface area (Å²) in [6, 6.07) is 12.1. The van der Waals surface area contributed by atoms with E-state index in [2.05, 4.69) is 27.5 Å². The van der Waals surface area contributed by atoms with Crippen molar-refractivity contribution in [1.82, 2.24) is 19.6 Å². The molecule has 4 rings (SSSR count). The molecule has 0 aliphatic carbocycles. The monoisotopic (exact) mass is 411 g/mol. The lowest BCUT2D eigenvalue weighted by atomic mass is 10.2. The number of amides is 1. The summed E-state index contributed by atoms with van der Waals surface area (Å²) in [5.74, 6) is -0.105. The van der Waals surface area contributed by atoms with E-state index >= 15 is 0 Å². The fraction of sp³-hybridized carbons (Fsp3) is 0.300. The number of nitro groups is 1. The number of non-ortho nitro benzene ring substituents is 1. The molecule has 0 bridgehead atoms. The minimum atomic E-state index is -0.447. The van der Waals surface area contributed by atoms with Gasteiger partial charge in [-0.1, -0.05) is 12.1 Å². The molecule has 8 nitrogen and oxygen atoms in total. The lowest BCUT2D eigenvalue weighted by Gasteiger charge is -2.34. The highest BCUT2D eigenvalue weighted by Gasteiger charge is 2.23. The van der Waals surface area contributed by atoms with Crippen LogP contribution in [0.3, 0.4) is 0 Å². The average molecular weight is 411 g/mol. The van der Waals surface area contributed by atoms with Crippen LogP contribution in [0.1, 0.15) is 15.4 Å². The van der Waals surface area contributed by atoms with Crippen LogP contribution in [-0.4, -0.2) is 63.1 Å². The quantitative estimate of drug-likeness (QED) is 0.460. The molecule has 0 atom stereocenters. The first-order chi connectivity index (χ1) is 14.1. The lowest BCUT2D eigenvalue weighted by molar-refractivity contribution is -0.384. The molecule has 1 fully saturated rings. The predicted octanol–water partition coefficient (Wildman–Crippen LogP) is 2.84. The maximum absolute atomic E-state index is 12.8. The van der Waals surface area contributed by atoms with E-state index in [0.717, 1.165) is 26.1 Å². The van der Waals surface area contributed by atoms with Gasteiger partial charge in [0.1, 0.15) is 0 Å². The molecular weight excluding hydrogens is 390 g/mol. The van der Waals surface area contributed by atoms with Crippen molar-refractivity contribution in [1.29, 1.82) is 0 Å². The van der Waals surface area contributed by atoms with Crippen molar-refractivity contribution in [2.75, 3.05) is 32.7 Å². The van der Waals surface area contributed by atoms with Crippen LogP contribution in [0, 0.1) is 10.1 Å². The van der Waals surface area contributed by atoms with Crippen molar-refractivity contribution in [3.05, 3.63) is 74.7 Å². The summed E-state index contributed by atoms with van der Waals surface area (Å²) in [5, 5.41) is 17.4. The van der Waals surface area contributed by atoms with Crippen molar-refractivity contribution in [2.24, 2.45) is 0 Å². The third-order valence-electron chi connectivity index (χ3n) is 5.03. The first kappa shape index (κ1) is 19.3. The van der Waals surface area contributed by atoms with Gasteiger partial charge in [0.05, 0.1) is 10.6 Å². The Labute approximate surface area is 172 Å². The molecule has 0 N–H and O–H groups in total. The Morgan fingerprint density at radius 2 is 1.97 bits per heavy atom. The minimum Gasteiger partial charge on any atom is -0.335 e. The number of aromatic nitrogens is 2. The number of benzene rings is 1. The van der Waals surface area contributed by atoms with Gasteiger partial charge < -0.3 is 4.90 Å². The van der Waals surface area contributed by atoms with E-state index in [9.17, 15) is 14.9 Å². The van der Waals surface area contributed by atoms with E-state index in [4.69, 9.17) is 0 Å². The SMILES string of the molecule is O=C(c1ccn(-c2cccc([N+](=O)[O-])c2)n1)N1CCN(CCc2cccs2)CC1. The van der Waals surface area contributed by atoms with Crippen LogP contribution >= 0.6 is 11.3 Å². The van der Waals surface area contributed by atoms with Gasteiger partial charge in [-0.15, -0.1) is 11.3 Å². The summed E-state index contributed by atoms with van der Waals surface area (Å²) in [6.07, 6.45) is 2.70. The molecule has 1 aromatic carbocycles. The van der Waals surface area contributed by atoms with Crippen LogP contribution in [0.5, 0.6) is 0 Å². The molecule has 1 aliphatic rings. The van der Waals surface area contributed by atoms with Crippen molar-refractivity contribution in [3.8, 4) is 5.69 Å². The van der Waals surface area contributed by atoms with Gasteiger partial charge in [0.15, 0.2) is 5.69 Å². The highest BCUT2D eigenvalue weighted by Crippen LogP contribution is 2.17. The van der Waals surface area contributed by atoms with Gasteiger partial charge in [-0.05, 0) is 30.0 Å². The van der Waals surface area contributed by atoms with Crippen LogP contribution in [0.25, 0.3) is 5.69 Å². The number of hydrogen-bond donors (Lipinski definition) is 0. The number of carbonyl (C=O) groups is 1. The maximum Gasteiger partial charge on any atom is 0.274 e. The Morgan fingerprint density at radius 3 is 2.69 bits per heavy atom. The molecule has 3 aromatic rings. The van der Waals surface area contributed by atoms with E-state index in [1.54, 1.807) is 35.7 Å². The molecule has 0 spiro atoms. The molecule has 0 unspecified atom stereocenters. The van der Waals surface area contributed by atoms with Crippen LogP contribution in [-0.2, 0) is 6.42 Å². The molecule has 1 saturated heterocycles. The number of piperazine rings is 1. The van der Waals surface area contributed by atoms with E-state index in [1.165, 1.54) is 21.7 Å². The van der Waals surface area contributed by atoms with Gasteiger partial charge in [0.25, 0.3) is 11.6 Å². The van der Waals surface area contributed by atoms with Gasteiger partial charge in [-0.3, -0.25) is 19.8 Å². The summed E-state index contributed by atoms with van der Waals surface area (Å²) in [5.41, 5.74) is 0.893. The fourth-order valence-corrected chi connectivity index (χ4v) is 4.09. The van der Waals surface area contributed by atoms with E-state index in [-0.39, 0.29) is 11.6 Å². The third kappa shape index (κ3) is 4.52. The molecule has 0 saturated carbocycles. The largest absolute Gasteiger partial charge is 0.335 e. The van der Waals surface area contributed by atoms with Crippen LogP contribution < -0.4 is 0 Å². The molecule has 1 amide bonds. The zero-order valence-corrected chi connectivity index (χ0v) is 16.6. The molecular formula is C20H21N5O3S. The first-order valence-corrected chi connectivity index (χ1v) is 10.3. The second-order valence-electron chi connectivity index (χ2n) is 6.89. The van der Waals surface area contributed by atoms with Crippen molar-refractivity contribution < 1.29 is 9.72 Å².